The Morgan fingerprint density at radius 2 is 1.93 bits per heavy atom. The van der Waals surface area contributed by atoms with Gasteiger partial charge in [0.1, 0.15) is 11.4 Å². The lowest BCUT2D eigenvalue weighted by atomic mass is 9.92. The molecule has 1 aromatic heterocycles. The molecule has 7 nitrogen and oxygen atoms in total. The molecule has 3 rings (SSSR count). The Morgan fingerprint density at radius 3 is 2.57 bits per heavy atom. The van der Waals surface area contributed by atoms with Crippen molar-refractivity contribution in [2.24, 2.45) is 0 Å². The van der Waals surface area contributed by atoms with Crippen molar-refractivity contribution in [2.75, 3.05) is 11.9 Å². The van der Waals surface area contributed by atoms with Gasteiger partial charge in [-0.15, -0.1) is 0 Å². The summed E-state index contributed by atoms with van der Waals surface area (Å²) in [6.07, 6.45) is 1.19. The van der Waals surface area contributed by atoms with Crippen LogP contribution in [0.15, 0.2) is 36.5 Å². The average Bonchev–Trinajstić information content (AvgIpc) is 3.12. The Bertz CT molecular complexity index is 923. The Morgan fingerprint density at radius 1 is 1.27 bits per heavy atom. The number of anilines is 1. The number of hydrogen-bond donors (Lipinski definition) is 2. The van der Waals surface area contributed by atoms with Crippen molar-refractivity contribution in [2.45, 2.75) is 44.6 Å². The Kier molecular flexibility index (Phi) is 6.76. The molecule has 30 heavy (non-hydrogen) atoms. The maximum Gasteiger partial charge on any atom is 0.343 e. The van der Waals surface area contributed by atoms with Gasteiger partial charge >= 0.3 is 5.97 Å². The van der Waals surface area contributed by atoms with Crippen LogP contribution in [0.4, 0.5) is 14.6 Å². The molecule has 160 valence electrons. The van der Waals surface area contributed by atoms with Gasteiger partial charge in [-0.25, -0.2) is 18.3 Å². The maximum absolute atomic E-state index is 13.6. The molecule has 1 fully saturated rings. The molecule has 1 aliphatic carbocycles. The number of ether oxygens (including phenoxy) is 1. The van der Waals surface area contributed by atoms with Crippen molar-refractivity contribution >= 4 is 35.0 Å². The van der Waals surface area contributed by atoms with Crippen LogP contribution in [0.25, 0.3) is 0 Å². The van der Waals surface area contributed by atoms with Crippen LogP contribution in [0.3, 0.4) is 0 Å². The van der Waals surface area contributed by atoms with E-state index in [0.29, 0.717) is 5.56 Å². The molecule has 1 aliphatic rings. The first-order valence-electron chi connectivity index (χ1n) is 9.60. The zero-order valence-electron chi connectivity index (χ0n) is 16.4. The van der Waals surface area contributed by atoms with Gasteiger partial charge in [0.05, 0.1) is 18.8 Å². The molecule has 1 aromatic carbocycles. The lowest BCUT2D eigenvalue weighted by Gasteiger charge is -2.29. The van der Waals surface area contributed by atoms with Gasteiger partial charge in [0, 0.05) is 18.4 Å². The third-order valence-corrected chi connectivity index (χ3v) is 5.02. The number of halogens is 2. The third kappa shape index (κ3) is 5.18. The fourth-order valence-electron chi connectivity index (χ4n) is 3.29. The number of hydrogen-bond acceptors (Lipinski definition) is 5. The first-order chi connectivity index (χ1) is 14.3. The second-order valence-electron chi connectivity index (χ2n) is 6.93. The SMILES string of the molecule is CCOC(=O)c1cnn(C2CCC(F)(F)CC2)c1NC(=S)NC(=O)c1ccccc1. The molecular weight excluding hydrogens is 414 g/mol. The van der Waals surface area contributed by atoms with Crippen LogP contribution in [0.5, 0.6) is 0 Å². The fourth-order valence-corrected chi connectivity index (χ4v) is 3.48. The highest BCUT2D eigenvalue weighted by molar-refractivity contribution is 7.80. The molecule has 10 heteroatoms. The van der Waals surface area contributed by atoms with Gasteiger partial charge in [-0.3, -0.25) is 10.1 Å². The molecular formula is C20H22F2N4O3S. The fraction of sp³-hybridized carbons (Fsp3) is 0.400. The van der Waals surface area contributed by atoms with E-state index in [2.05, 4.69) is 15.7 Å². The van der Waals surface area contributed by atoms with Crippen LogP contribution >= 0.6 is 12.2 Å². The van der Waals surface area contributed by atoms with E-state index in [4.69, 9.17) is 17.0 Å². The normalized spacial score (nSPS) is 16.0. The lowest BCUT2D eigenvalue weighted by molar-refractivity contribution is -0.0448. The van der Waals surface area contributed by atoms with E-state index >= 15 is 0 Å². The minimum absolute atomic E-state index is 0.0442. The van der Waals surface area contributed by atoms with E-state index in [1.165, 1.54) is 10.9 Å². The number of nitrogens with one attached hydrogen (secondary N) is 2. The average molecular weight is 436 g/mol. The summed E-state index contributed by atoms with van der Waals surface area (Å²) in [4.78, 5) is 24.7. The zero-order chi connectivity index (χ0) is 21.7. The van der Waals surface area contributed by atoms with Gasteiger partial charge < -0.3 is 10.1 Å². The molecule has 1 saturated carbocycles. The maximum atomic E-state index is 13.6. The van der Waals surface area contributed by atoms with Gasteiger partial charge in [-0.1, -0.05) is 18.2 Å². The summed E-state index contributed by atoms with van der Waals surface area (Å²) in [5.74, 6) is -3.53. The summed E-state index contributed by atoms with van der Waals surface area (Å²) in [6.45, 7) is 1.83. The standard InChI is InChI=1S/C20H22F2N4O3S/c1-2-29-18(28)15-12-23-26(14-8-10-20(21,22)11-9-14)16(15)24-19(30)25-17(27)13-6-4-3-5-7-13/h3-7,12,14H,2,8-11H2,1H3,(H2,24,25,27,30). The van der Waals surface area contributed by atoms with E-state index in [9.17, 15) is 18.4 Å². The van der Waals surface area contributed by atoms with E-state index in [1.54, 1.807) is 37.3 Å². The van der Waals surface area contributed by atoms with Gasteiger partial charge in [0.2, 0.25) is 5.92 Å². The monoisotopic (exact) mass is 436 g/mol. The number of rotatable bonds is 5. The highest BCUT2D eigenvalue weighted by atomic mass is 32.1. The Hall–Kier alpha value is -2.88. The topological polar surface area (TPSA) is 85.2 Å². The van der Waals surface area contributed by atoms with Crippen LogP contribution in [-0.4, -0.2) is 39.3 Å². The van der Waals surface area contributed by atoms with Gasteiger partial charge in [0.25, 0.3) is 5.91 Å². The van der Waals surface area contributed by atoms with Gasteiger partial charge in [-0.05, 0) is 44.1 Å². The number of nitrogens with zero attached hydrogens (tertiary/aromatic N) is 2. The molecule has 2 N–H and O–H groups in total. The molecule has 0 aliphatic heterocycles. The Labute approximate surface area is 177 Å². The lowest BCUT2D eigenvalue weighted by Crippen LogP contribution is -2.36. The number of benzene rings is 1. The minimum atomic E-state index is -2.69. The molecule has 0 bridgehead atoms. The van der Waals surface area contributed by atoms with E-state index in [0.717, 1.165) is 0 Å². The number of thiocarbonyl (C=S) groups is 1. The molecule has 0 spiro atoms. The van der Waals surface area contributed by atoms with E-state index in [1.807, 2.05) is 0 Å². The zero-order valence-corrected chi connectivity index (χ0v) is 17.2. The highest BCUT2D eigenvalue weighted by Gasteiger charge is 2.37. The molecule has 2 aromatic rings. The highest BCUT2D eigenvalue weighted by Crippen LogP contribution is 2.39. The molecule has 0 atom stereocenters. The predicted molar refractivity (Wildman–Crippen MR) is 111 cm³/mol. The number of carbonyl (C=O) groups excluding carboxylic acids is 2. The van der Waals surface area contributed by atoms with Crippen molar-refractivity contribution in [3.63, 3.8) is 0 Å². The molecule has 1 heterocycles. The summed E-state index contributed by atoms with van der Waals surface area (Å²) >= 11 is 5.23. The van der Waals surface area contributed by atoms with Gasteiger partial charge in [-0.2, -0.15) is 5.10 Å². The number of esters is 1. The van der Waals surface area contributed by atoms with E-state index < -0.39 is 17.8 Å². The smallest absolute Gasteiger partial charge is 0.343 e. The number of aromatic nitrogens is 2. The molecule has 0 radical (unpaired) electrons. The second kappa shape index (κ2) is 9.29. The van der Waals surface area contributed by atoms with Crippen molar-refractivity contribution in [1.82, 2.24) is 15.1 Å². The number of alkyl halides is 2. The summed E-state index contributed by atoms with van der Waals surface area (Å²) < 4.78 is 33.6. The number of carbonyl (C=O) groups is 2. The second-order valence-corrected chi connectivity index (χ2v) is 7.34. The van der Waals surface area contributed by atoms with Crippen LogP contribution in [-0.2, 0) is 4.74 Å². The van der Waals surface area contributed by atoms with Crippen LogP contribution < -0.4 is 10.6 Å². The van der Waals surface area contributed by atoms with Crippen molar-refractivity contribution in [3.05, 3.63) is 47.7 Å². The van der Waals surface area contributed by atoms with Crippen molar-refractivity contribution in [1.29, 1.82) is 0 Å². The first-order valence-corrected chi connectivity index (χ1v) is 10.0. The molecule has 0 unspecified atom stereocenters. The van der Waals surface area contributed by atoms with Gasteiger partial charge in [0.15, 0.2) is 5.11 Å². The summed E-state index contributed by atoms with van der Waals surface area (Å²) in [7, 11) is 0. The molecule has 1 amide bonds. The third-order valence-electron chi connectivity index (χ3n) is 4.82. The summed E-state index contributed by atoms with van der Waals surface area (Å²) in [6, 6.07) is 8.16. The van der Waals surface area contributed by atoms with Crippen molar-refractivity contribution in [3.8, 4) is 0 Å². The van der Waals surface area contributed by atoms with E-state index in [-0.39, 0.29) is 54.8 Å². The predicted octanol–water partition coefficient (Wildman–Crippen LogP) is 3.94. The Balaban J connectivity index is 1.80. The quantitative estimate of drug-likeness (QED) is 0.546. The van der Waals surface area contributed by atoms with Crippen molar-refractivity contribution < 1.29 is 23.1 Å². The van der Waals surface area contributed by atoms with Crippen LogP contribution in [0.2, 0.25) is 0 Å². The first kappa shape index (κ1) is 21.8. The summed E-state index contributed by atoms with van der Waals surface area (Å²) in [5, 5.41) is 9.55. The largest absolute Gasteiger partial charge is 0.462 e. The molecule has 0 saturated heterocycles. The van der Waals surface area contributed by atoms with Crippen LogP contribution in [0, 0.1) is 0 Å². The minimum Gasteiger partial charge on any atom is -0.462 e. The van der Waals surface area contributed by atoms with Crippen LogP contribution in [0.1, 0.15) is 59.4 Å². The summed E-state index contributed by atoms with van der Waals surface area (Å²) in [5.41, 5.74) is 0.528. The number of amides is 1.